The molecule has 0 bridgehead atoms. The maximum absolute atomic E-state index is 13.3. The molecule has 1 aromatic heterocycles. The van der Waals surface area contributed by atoms with Crippen LogP contribution in [0.1, 0.15) is 34.7 Å². The van der Waals surface area contributed by atoms with Crippen molar-refractivity contribution in [3.8, 4) is 0 Å². The minimum Gasteiger partial charge on any atom is -0.336 e. The molecule has 0 saturated heterocycles. The quantitative estimate of drug-likeness (QED) is 0.573. The average Bonchev–Trinajstić information content (AvgIpc) is 3.09. The summed E-state index contributed by atoms with van der Waals surface area (Å²) >= 11 is 6.00. The number of aromatic nitrogens is 2. The molecule has 3 aromatic rings. The molecular formula is C20H20ClN3O3S. The van der Waals surface area contributed by atoms with Gasteiger partial charge in [0, 0.05) is 37.1 Å². The van der Waals surface area contributed by atoms with Crippen molar-refractivity contribution in [1.29, 1.82) is 0 Å². The van der Waals surface area contributed by atoms with E-state index in [0.29, 0.717) is 16.4 Å². The van der Waals surface area contributed by atoms with Crippen LogP contribution in [-0.2, 0) is 17.1 Å². The first kappa shape index (κ1) is 20.3. The van der Waals surface area contributed by atoms with Crippen molar-refractivity contribution in [2.24, 2.45) is 7.05 Å². The van der Waals surface area contributed by atoms with Crippen molar-refractivity contribution in [2.75, 3.05) is 7.05 Å². The zero-order valence-corrected chi connectivity index (χ0v) is 17.3. The molecule has 0 radical (unpaired) electrons. The lowest BCUT2D eigenvalue weighted by atomic mass is 10.1. The molecule has 0 saturated carbocycles. The van der Waals surface area contributed by atoms with Crippen molar-refractivity contribution < 1.29 is 13.2 Å². The van der Waals surface area contributed by atoms with E-state index in [9.17, 15) is 13.2 Å². The highest BCUT2D eigenvalue weighted by Gasteiger charge is 2.33. The van der Waals surface area contributed by atoms with E-state index in [1.165, 1.54) is 30.4 Å². The Labute approximate surface area is 169 Å². The number of hydrogen-bond acceptors (Lipinski definition) is 4. The van der Waals surface area contributed by atoms with Crippen LogP contribution in [0.25, 0.3) is 0 Å². The van der Waals surface area contributed by atoms with Crippen LogP contribution in [0.4, 0.5) is 0 Å². The molecule has 28 heavy (non-hydrogen) atoms. The van der Waals surface area contributed by atoms with Crippen LogP contribution in [0.3, 0.4) is 0 Å². The fraction of sp³-hybridized carbons (Fsp3) is 0.200. The molecular weight excluding hydrogens is 398 g/mol. The van der Waals surface area contributed by atoms with Crippen molar-refractivity contribution in [2.45, 2.75) is 17.9 Å². The molecule has 6 nitrogen and oxygen atoms in total. The van der Waals surface area contributed by atoms with Gasteiger partial charge in [-0.2, -0.15) is 4.31 Å². The summed E-state index contributed by atoms with van der Waals surface area (Å²) in [5.74, 6) is 0.370. The summed E-state index contributed by atoms with van der Waals surface area (Å²) in [6, 6.07) is 12.4. The van der Waals surface area contributed by atoms with Gasteiger partial charge in [-0.15, -0.1) is 0 Å². The highest BCUT2D eigenvalue weighted by Crippen LogP contribution is 2.32. The van der Waals surface area contributed by atoms with Gasteiger partial charge in [-0.3, -0.25) is 4.79 Å². The van der Waals surface area contributed by atoms with Gasteiger partial charge < -0.3 is 4.57 Å². The number of rotatable bonds is 6. The minimum absolute atomic E-state index is 0.0517. The van der Waals surface area contributed by atoms with E-state index in [-0.39, 0.29) is 10.7 Å². The molecule has 0 amide bonds. The summed E-state index contributed by atoms with van der Waals surface area (Å²) in [4.78, 5) is 16.1. The minimum atomic E-state index is -3.90. The van der Waals surface area contributed by atoms with Gasteiger partial charge >= 0.3 is 0 Å². The number of hydrogen-bond donors (Lipinski definition) is 0. The Bertz CT molecular complexity index is 1110. The van der Waals surface area contributed by atoms with E-state index >= 15 is 0 Å². The van der Waals surface area contributed by atoms with E-state index < -0.39 is 16.1 Å². The summed E-state index contributed by atoms with van der Waals surface area (Å²) in [6.07, 6.45) is 3.38. The molecule has 3 rings (SSSR count). The lowest BCUT2D eigenvalue weighted by molar-refractivity contribution is 0.101. The zero-order valence-electron chi connectivity index (χ0n) is 15.7. The van der Waals surface area contributed by atoms with E-state index in [1.807, 2.05) is 7.05 Å². The second-order valence-corrected chi connectivity index (χ2v) is 8.89. The first-order valence-corrected chi connectivity index (χ1v) is 10.4. The van der Waals surface area contributed by atoms with Crippen LogP contribution in [0, 0.1) is 0 Å². The second kappa shape index (κ2) is 7.87. The Morgan fingerprint density at radius 3 is 2.43 bits per heavy atom. The first-order valence-electron chi connectivity index (χ1n) is 8.53. The molecule has 1 unspecified atom stereocenters. The molecule has 0 aliphatic heterocycles. The Hall–Kier alpha value is -2.48. The van der Waals surface area contributed by atoms with Gasteiger partial charge in [-0.05, 0) is 36.8 Å². The first-order chi connectivity index (χ1) is 13.2. The summed E-state index contributed by atoms with van der Waals surface area (Å²) in [6.45, 7) is 1.40. The molecule has 0 fully saturated rings. The van der Waals surface area contributed by atoms with Gasteiger partial charge in [0.1, 0.15) is 11.9 Å². The van der Waals surface area contributed by atoms with Crippen LogP contribution in [-0.4, -0.2) is 35.1 Å². The predicted molar refractivity (Wildman–Crippen MR) is 108 cm³/mol. The number of benzene rings is 2. The van der Waals surface area contributed by atoms with Gasteiger partial charge in [0.15, 0.2) is 5.78 Å². The van der Waals surface area contributed by atoms with E-state index in [4.69, 9.17) is 11.6 Å². The molecule has 146 valence electrons. The smallest absolute Gasteiger partial charge is 0.243 e. The van der Waals surface area contributed by atoms with Gasteiger partial charge in [-0.25, -0.2) is 13.4 Å². The number of carbonyl (C=O) groups excluding carboxylic acids is 1. The van der Waals surface area contributed by atoms with Crippen LogP contribution in [0.5, 0.6) is 0 Å². The highest BCUT2D eigenvalue weighted by atomic mass is 35.5. The third-order valence-electron chi connectivity index (χ3n) is 4.57. The summed E-state index contributed by atoms with van der Waals surface area (Å²) in [7, 11) is -0.589. The number of ketones is 1. The summed E-state index contributed by atoms with van der Waals surface area (Å²) in [5.41, 5.74) is 1.07. The zero-order chi connectivity index (χ0) is 20.5. The number of sulfonamides is 1. The summed E-state index contributed by atoms with van der Waals surface area (Å²) in [5, 5.41) is 0.557. The normalized spacial score (nSPS) is 12.9. The van der Waals surface area contributed by atoms with Crippen molar-refractivity contribution in [3.63, 3.8) is 0 Å². The molecule has 0 aliphatic rings. The summed E-state index contributed by atoms with van der Waals surface area (Å²) < 4.78 is 29.7. The molecule has 1 heterocycles. The van der Waals surface area contributed by atoms with Crippen LogP contribution < -0.4 is 0 Å². The number of imidazole rings is 1. The number of nitrogens with zero attached hydrogens (tertiary/aromatic N) is 3. The van der Waals surface area contributed by atoms with Crippen molar-refractivity contribution in [3.05, 3.63) is 82.9 Å². The molecule has 8 heteroatoms. The Morgan fingerprint density at radius 2 is 1.86 bits per heavy atom. The second-order valence-electron chi connectivity index (χ2n) is 6.46. The van der Waals surface area contributed by atoms with Gasteiger partial charge in [0.2, 0.25) is 10.0 Å². The molecule has 0 aliphatic carbocycles. The molecule has 1 atom stereocenters. The Morgan fingerprint density at radius 1 is 1.18 bits per heavy atom. The number of carbonyl (C=O) groups is 1. The third kappa shape index (κ3) is 3.87. The van der Waals surface area contributed by atoms with E-state index in [1.54, 1.807) is 53.4 Å². The van der Waals surface area contributed by atoms with Gasteiger partial charge in [-0.1, -0.05) is 35.9 Å². The topological polar surface area (TPSA) is 72.3 Å². The number of aryl methyl sites for hydroxylation is 1. The Balaban J connectivity index is 2.12. The van der Waals surface area contributed by atoms with Crippen LogP contribution >= 0.6 is 11.6 Å². The van der Waals surface area contributed by atoms with Crippen LogP contribution in [0.2, 0.25) is 5.02 Å². The van der Waals surface area contributed by atoms with E-state index in [2.05, 4.69) is 4.98 Å². The molecule has 2 aromatic carbocycles. The largest absolute Gasteiger partial charge is 0.336 e. The third-order valence-corrected chi connectivity index (χ3v) is 6.64. The van der Waals surface area contributed by atoms with Gasteiger partial charge in [0.25, 0.3) is 0 Å². The van der Waals surface area contributed by atoms with E-state index in [0.717, 1.165) is 5.56 Å². The van der Waals surface area contributed by atoms with Crippen LogP contribution in [0.15, 0.2) is 65.8 Å². The lowest BCUT2D eigenvalue weighted by Gasteiger charge is -2.27. The molecule has 0 N–H and O–H groups in total. The van der Waals surface area contributed by atoms with Crippen molar-refractivity contribution >= 4 is 27.4 Å². The highest BCUT2D eigenvalue weighted by molar-refractivity contribution is 7.89. The Kier molecular flexibility index (Phi) is 5.69. The SMILES string of the molecule is CC(=O)c1cccc(S(=O)(=O)N(C)C(c2ccc(Cl)cc2)c2nccn2C)c1. The number of halogens is 1. The molecule has 0 spiro atoms. The average molecular weight is 418 g/mol. The van der Waals surface area contributed by atoms with Crippen molar-refractivity contribution in [1.82, 2.24) is 13.9 Å². The van der Waals surface area contributed by atoms with Gasteiger partial charge in [0.05, 0.1) is 4.90 Å². The maximum atomic E-state index is 13.3. The number of Topliss-reactive ketones (excluding diaryl/α,β-unsaturated/α-hetero) is 1. The standard InChI is InChI=1S/C20H20ClN3O3S/c1-14(25)16-5-4-6-18(13-16)28(26,27)24(3)19(20-22-11-12-23(20)2)15-7-9-17(21)10-8-15/h4-13,19H,1-3H3. The maximum Gasteiger partial charge on any atom is 0.243 e. The predicted octanol–water partition coefficient (Wildman–Crippen LogP) is 3.69. The monoisotopic (exact) mass is 417 g/mol. The lowest BCUT2D eigenvalue weighted by Crippen LogP contribution is -2.33. The fourth-order valence-electron chi connectivity index (χ4n) is 2.99. The fourth-order valence-corrected chi connectivity index (χ4v) is 4.47.